The summed E-state index contributed by atoms with van der Waals surface area (Å²) in [7, 11) is 1.73. The maximum atomic E-state index is 11.9. The SMILES string of the molecule is CC1Oc2ccc(-c3cc(N)ncn3)cc2N(C)C1=O. The van der Waals surface area contributed by atoms with Crippen molar-refractivity contribution < 1.29 is 9.53 Å². The summed E-state index contributed by atoms with van der Waals surface area (Å²) >= 11 is 0. The summed E-state index contributed by atoms with van der Waals surface area (Å²) in [4.78, 5) is 21.6. The van der Waals surface area contributed by atoms with E-state index in [0.717, 1.165) is 11.3 Å². The van der Waals surface area contributed by atoms with E-state index in [1.165, 1.54) is 6.33 Å². The van der Waals surface area contributed by atoms with Crippen LogP contribution >= 0.6 is 0 Å². The molecule has 0 spiro atoms. The van der Waals surface area contributed by atoms with E-state index in [4.69, 9.17) is 10.5 Å². The zero-order chi connectivity index (χ0) is 14.3. The fourth-order valence-electron chi connectivity index (χ4n) is 2.20. The molecule has 6 heteroatoms. The standard InChI is InChI=1S/C14H14N4O2/c1-8-14(19)18(2)11-5-9(3-4-12(11)20-8)10-6-13(15)17-7-16-10/h3-8H,1-2H3,(H2,15,16,17). The number of aromatic nitrogens is 2. The molecular weight excluding hydrogens is 256 g/mol. The highest BCUT2D eigenvalue weighted by Gasteiger charge is 2.29. The average molecular weight is 270 g/mol. The van der Waals surface area contributed by atoms with E-state index in [2.05, 4.69) is 9.97 Å². The lowest BCUT2D eigenvalue weighted by Gasteiger charge is -2.30. The lowest BCUT2D eigenvalue weighted by atomic mass is 10.1. The number of benzene rings is 1. The second-order valence-corrected chi connectivity index (χ2v) is 4.67. The largest absolute Gasteiger partial charge is 0.479 e. The molecule has 102 valence electrons. The third-order valence-corrected chi connectivity index (χ3v) is 3.29. The van der Waals surface area contributed by atoms with Crippen LogP contribution in [0.2, 0.25) is 0 Å². The molecule has 20 heavy (non-hydrogen) atoms. The topological polar surface area (TPSA) is 81.3 Å². The number of fused-ring (bicyclic) bond motifs is 1. The summed E-state index contributed by atoms with van der Waals surface area (Å²) in [6, 6.07) is 7.27. The molecule has 2 N–H and O–H groups in total. The van der Waals surface area contributed by atoms with Gasteiger partial charge in [-0.25, -0.2) is 9.97 Å². The van der Waals surface area contributed by atoms with Crippen molar-refractivity contribution in [1.29, 1.82) is 0 Å². The van der Waals surface area contributed by atoms with Gasteiger partial charge in [0.1, 0.15) is 17.9 Å². The van der Waals surface area contributed by atoms with Gasteiger partial charge in [-0.3, -0.25) is 4.79 Å². The number of likely N-dealkylation sites (N-methyl/N-ethyl adjacent to an activating group) is 1. The van der Waals surface area contributed by atoms with Gasteiger partial charge in [0.2, 0.25) is 0 Å². The quantitative estimate of drug-likeness (QED) is 0.848. The second kappa shape index (κ2) is 4.48. The number of hydrogen-bond acceptors (Lipinski definition) is 5. The first-order valence-electron chi connectivity index (χ1n) is 6.22. The number of nitrogen functional groups attached to an aromatic ring is 1. The van der Waals surface area contributed by atoms with Crippen molar-refractivity contribution in [3.05, 3.63) is 30.6 Å². The van der Waals surface area contributed by atoms with Crippen LogP contribution in [0.4, 0.5) is 11.5 Å². The molecule has 1 aliphatic rings. The third kappa shape index (κ3) is 1.95. The predicted octanol–water partition coefficient (Wildman–Crippen LogP) is 1.47. The van der Waals surface area contributed by atoms with Crippen molar-refractivity contribution in [3.63, 3.8) is 0 Å². The first kappa shape index (κ1) is 12.4. The number of carbonyl (C=O) groups is 1. The number of rotatable bonds is 1. The first-order chi connectivity index (χ1) is 9.56. The van der Waals surface area contributed by atoms with Gasteiger partial charge in [0.05, 0.1) is 11.4 Å². The number of carbonyl (C=O) groups excluding carboxylic acids is 1. The van der Waals surface area contributed by atoms with Crippen molar-refractivity contribution in [3.8, 4) is 17.0 Å². The Morgan fingerprint density at radius 2 is 2.10 bits per heavy atom. The fourth-order valence-corrected chi connectivity index (χ4v) is 2.20. The Labute approximate surface area is 116 Å². The molecule has 0 fully saturated rings. The minimum Gasteiger partial charge on any atom is -0.479 e. The van der Waals surface area contributed by atoms with Gasteiger partial charge in [-0.2, -0.15) is 0 Å². The van der Waals surface area contributed by atoms with Gasteiger partial charge in [0.15, 0.2) is 6.10 Å². The summed E-state index contributed by atoms with van der Waals surface area (Å²) in [5, 5.41) is 0. The second-order valence-electron chi connectivity index (χ2n) is 4.67. The Hall–Kier alpha value is -2.63. The highest BCUT2D eigenvalue weighted by atomic mass is 16.5. The minimum absolute atomic E-state index is 0.0724. The summed E-state index contributed by atoms with van der Waals surface area (Å²) in [5.74, 6) is 1.02. The van der Waals surface area contributed by atoms with Crippen LogP contribution in [0.5, 0.6) is 5.75 Å². The molecular formula is C14H14N4O2. The number of anilines is 2. The van der Waals surface area contributed by atoms with E-state index in [1.807, 2.05) is 18.2 Å². The van der Waals surface area contributed by atoms with Crippen molar-refractivity contribution in [2.75, 3.05) is 17.7 Å². The smallest absolute Gasteiger partial charge is 0.267 e. The molecule has 0 saturated heterocycles. The molecule has 1 aromatic heterocycles. The van der Waals surface area contributed by atoms with Crippen LogP contribution in [0.25, 0.3) is 11.3 Å². The molecule has 1 unspecified atom stereocenters. The molecule has 0 bridgehead atoms. The highest BCUT2D eigenvalue weighted by molar-refractivity contribution is 6.00. The maximum absolute atomic E-state index is 11.9. The lowest BCUT2D eigenvalue weighted by molar-refractivity contribution is -0.125. The normalized spacial score (nSPS) is 17.6. The number of hydrogen-bond donors (Lipinski definition) is 1. The van der Waals surface area contributed by atoms with Crippen LogP contribution in [0.15, 0.2) is 30.6 Å². The van der Waals surface area contributed by atoms with Gasteiger partial charge in [0.25, 0.3) is 5.91 Å². The first-order valence-corrected chi connectivity index (χ1v) is 6.22. The number of amides is 1. The Bertz CT molecular complexity index is 687. The molecule has 3 rings (SSSR count). The monoisotopic (exact) mass is 270 g/mol. The molecule has 1 aromatic carbocycles. The maximum Gasteiger partial charge on any atom is 0.267 e. The van der Waals surface area contributed by atoms with Crippen molar-refractivity contribution in [2.45, 2.75) is 13.0 Å². The fraction of sp³-hybridized carbons (Fsp3) is 0.214. The number of nitrogens with two attached hydrogens (primary N) is 1. The van der Waals surface area contributed by atoms with Gasteiger partial charge < -0.3 is 15.4 Å². The molecule has 1 amide bonds. The van der Waals surface area contributed by atoms with E-state index in [1.54, 1.807) is 24.9 Å². The van der Waals surface area contributed by atoms with Gasteiger partial charge >= 0.3 is 0 Å². The average Bonchev–Trinajstić information content (AvgIpc) is 2.45. The number of ether oxygens (including phenoxy) is 1. The van der Waals surface area contributed by atoms with Crippen LogP contribution in [0.1, 0.15) is 6.92 Å². The highest BCUT2D eigenvalue weighted by Crippen LogP contribution is 2.36. The van der Waals surface area contributed by atoms with Crippen LogP contribution in [0, 0.1) is 0 Å². The molecule has 2 heterocycles. The van der Waals surface area contributed by atoms with E-state index in [-0.39, 0.29) is 5.91 Å². The van der Waals surface area contributed by atoms with Gasteiger partial charge in [-0.05, 0) is 25.1 Å². The van der Waals surface area contributed by atoms with Crippen molar-refractivity contribution in [2.24, 2.45) is 0 Å². The van der Waals surface area contributed by atoms with Crippen molar-refractivity contribution >= 4 is 17.4 Å². The zero-order valence-electron chi connectivity index (χ0n) is 11.2. The number of nitrogens with zero attached hydrogens (tertiary/aromatic N) is 3. The summed E-state index contributed by atoms with van der Waals surface area (Å²) in [5.41, 5.74) is 7.95. The van der Waals surface area contributed by atoms with Gasteiger partial charge in [-0.1, -0.05) is 0 Å². The van der Waals surface area contributed by atoms with E-state index in [0.29, 0.717) is 17.3 Å². The molecule has 2 aromatic rings. The molecule has 0 radical (unpaired) electrons. The van der Waals surface area contributed by atoms with Crippen LogP contribution in [-0.2, 0) is 4.79 Å². The summed E-state index contributed by atoms with van der Waals surface area (Å²) in [6.45, 7) is 1.74. The zero-order valence-corrected chi connectivity index (χ0v) is 11.2. The van der Waals surface area contributed by atoms with E-state index >= 15 is 0 Å². The predicted molar refractivity (Wildman–Crippen MR) is 75.4 cm³/mol. The van der Waals surface area contributed by atoms with E-state index in [9.17, 15) is 4.79 Å². The van der Waals surface area contributed by atoms with Gasteiger partial charge in [0, 0.05) is 18.7 Å². The van der Waals surface area contributed by atoms with E-state index < -0.39 is 6.10 Å². The molecule has 0 aliphatic carbocycles. The summed E-state index contributed by atoms with van der Waals surface area (Å²) < 4.78 is 5.58. The molecule has 1 aliphatic heterocycles. The van der Waals surface area contributed by atoms with Crippen LogP contribution < -0.4 is 15.4 Å². The Morgan fingerprint density at radius 1 is 1.30 bits per heavy atom. The van der Waals surface area contributed by atoms with Crippen LogP contribution in [0.3, 0.4) is 0 Å². The minimum atomic E-state index is -0.465. The molecule has 6 nitrogen and oxygen atoms in total. The van der Waals surface area contributed by atoms with Gasteiger partial charge in [-0.15, -0.1) is 0 Å². The summed E-state index contributed by atoms with van der Waals surface area (Å²) in [6.07, 6.45) is 0.949. The Balaban J connectivity index is 2.08. The third-order valence-electron chi connectivity index (χ3n) is 3.29. The molecule has 0 saturated carbocycles. The van der Waals surface area contributed by atoms with Crippen molar-refractivity contribution in [1.82, 2.24) is 9.97 Å². The van der Waals surface area contributed by atoms with Crippen LogP contribution in [-0.4, -0.2) is 29.0 Å². The Morgan fingerprint density at radius 3 is 2.85 bits per heavy atom. The lowest BCUT2D eigenvalue weighted by Crippen LogP contribution is -2.41. The Kier molecular flexibility index (Phi) is 2.78. The molecule has 1 atom stereocenters.